The highest BCUT2D eigenvalue weighted by Gasteiger charge is 2.14. The maximum Gasteiger partial charge on any atom is 0.224 e. The first-order chi connectivity index (χ1) is 9.65. The van der Waals surface area contributed by atoms with Crippen LogP contribution in [0.4, 0.5) is 11.5 Å². The number of nitrogens with one attached hydrogen (secondary N) is 2. The highest BCUT2D eigenvalue weighted by molar-refractivity contribution is 5.91. The summed E-state index contributed by atoms with van der Waals surface area (Å²) in [7, 11) is 3.87. The van der Waals surface area contributed by atoms with E-state index in [1.807, 2.05) is 31.1 Å². The van der Waals surface area contributed by atoms with Crippen molar-refractivity contribution in [1.29, 1.82) is 0 Å². The largest absolute Gasteiger partial charge is 0.363 e. The second-order valence-corrected chi connectivity index (χ2v) is 5.58. The molecule has 2 heterocycles. The van der Waals surface area contributed by atoms with E-state index in [2.05, 4.69) is 15.6 Å². The Morgan fingerprint density at radius 3 is 2.90 bits per heavy atom. The standard InChI is InChI=1S/C15H24N4O/c1-19(2)14-11-13(7-10-17-14)18-15(20)4-3-12-5-8-16-9-6-12/h7,10-12,16H,3-6,8-9H2,1-2H3,(H,17,18,20). The molecule has 0 aromatic carbocycles. The van der Waals surface area contributed by atoms with Gasteiger partial charge in [-0.05, 0) is 44.3 Å². The second-order valence-electron chi connectivity index (χ2n) is 5.58. The van der Waals surface area contributed by atoms with Gasteiger partial charge in [-0.25, -0.2) is 4.98 Å². The maximum atomic E-state index is 12.0. The molecule has 0 atom stereocenters. The van der Waals surface area contributed by atoms with Crippen molar-refractivity contribution in [2.45, 2.75) is 25.7 Å². The Hall–Kier alpha value is -1.62. The lowest BCUT2D eigenvalue weighted by molar-refractivity contribution is -0.116. The van der Waals surface area contributed by atoms with Crippen LogP contribution in [0, 0.1) is 5.92 Å². The molecule has 1 saturated heterocycles. The Kier molecular flexibility index (Phi) is 5.35. The summed E-state index contributed by atoms with van der Waals surface area (Å²) in [6.45, 7) is 2.17. The average molecular weight is 276 g/mol. The Labute approximate surface area is 120 Å². The van der Waals surface area contributed by atoms with E-state index in [1.54, 1.807) is 6.20 Å². The summed E-state index contributed by atoms with van der Waals surface area (Å²) >= 11 is 0. The molecular weight excluding hydrogens is 252 g/mol. The fourth-order valence-corrected chi connectivity index (χ4v) is 2.47. The minimum Gasteiger partial charge on any atom is -0.363 e. The van der Waals surface area contributed by atoms with Gasteiger partial charge < -0.3 is 15.5 Å². The summed E-state index contributed by atoms with van der Waals surface area (Å²) in [6, 6.07) is 3.72. The lowest BCUT2D eigenvalue weighted by Gasteiger charge is -2.22. The van der Waals surface area contributed by atoms with Crippen LogP contribution in [0.2, 0.25) is 0 Å². The summed E-state index contributed by atoms with van der Waals surface area (Å²) in [6.07, 6.45) is 5.68. The van der Waals surface area contributed by atoms with E-state index in [-0.39, 0.29) is 5.91 Å². The smallest absolute Gasteiger partial charge is 0.224 e. The van der Waals surface area contributed by atoms with E-state index in [1.165, 1.54) is 12.8 Å². The first-order valence-electron chi connectivity index (χ1n) is 7.29. The molecule has 0 radical (unpaired) electrons. The number of hydrogen-bond acceptors (Lipinski definition) is 4. The van der Waals surface area contributed by atoms with Crippen LogP contribution in [-0.2, 0) is 4.79 Å². The third-order valence-electron chi connectivity index (χ3n) is 3.73. The fraction of sp³-hybridized carbons (Fsp3) is 0.600. The fourth-order valence-electron chi connectivity index (χ4n) is 2.47. The molecular formula is C15H24N4O. The summed E-state index contributed by atoms with van der Waals surface area (Å²) < 4.78 is 0. The normalized spacial score (nSPS) is 15.9. The molecule has 1 fully saturated rings. The second kappa shape index (κ2) is 7.24. The quantitative estimate of drug-likeness (QED) is 0.862. The first-order valence-corrected chi connectivity index (χ1v) is 7.29. The van der Waals surface area contributed by atoms with E-state index in [0.29, 0.717) is 12.3 Å². The zero-order valence-electron chi connectivity index (χ0n) is 12.4. The highest BCUT2D eigenvalue weighted by atomic mass is 16.1. The SMILES string of the molecule is CN(C)c1cc(NC(=O)CCC2CCNCC2)ccn1. The van der Waals surface area contributed by atoms with Crippen molar-refractivity contribution in [2.24, 2.45) is 5.92 Å². The maximum absolute atomic E-state index is 12.0. The Balaban J connectivity index is 1.80. The molecule has 0 spiro atoms. The number of carbonyl (C=O) groups is 1. The van der Waals surface area contributed by atoms with E-state index in [0.717, 1.165) is 31.0 Å². The Morgan fingerprint density at radius 1 is 1.45 bits per heavy atom. The molecule has 2 rings (SSSR count). The first kappa shape index (κ1) is 14.8. The molecule has 0 saturated carbocycles. The molecule has 1 aliphatic rings. The zero-order chi connectivity index (χ0) is 14.4. The van der Waals surface area contributed by atoms with Crippen LogP contribution < -0.4 is 15.5 Å². The van der Waals surface area contributed by atoms with Gasteiger partial charge in [0, 0.05) is 38.5 Å². The van der Waals surface area contributed by atoms with E-state index in [4.69, 9.17) is 0 Å². The lowest BCUT2D eigenvalue weighted by atomic mass is 9.93. The van der Waals surface area contributed by atoms with Crippen LogP contribution in [0.15, 0.2) is 18.3 Å². The summed E-state index contributed by atoms with van der Waals surface area (Å²) in [5.74, 6) is 1.64. The molecule has 0 unspecified atom stereocenters. The van der Waals surface area contributed by atoms with Crippen molar-refractivity contribution in [2.75, 3.05) is 37.4 Å². The van der Waals surface area contributed by atoms with Crippen molar-refractivity contribution in [3.63, 3.8) is 0 Å². The van der Waals surface area contributed by atoms with Crippen molar-refractivity contribution in [3.05, 3.63) is 18.3 Å². The molecule has 5 heteroatoms. The predicted molar refractivity (Wildman–Crippen MR) is 82.0 cm³/mol. The van der Waals surface area contributed by atoms with E-state index >= 15 is 0 Å². The topological polar surface area (TPSA) is 57.3 Å². The van der Waals surface area contributed by atoms with Crippen LogP contribution in [0.3, 0.4) is 0 Å². The molecule has 0 bridgehead atoms. The van der Waals surface area contributed by atoms with Crippen molar-refractivity contribution in [1.82, 2.24) is 10.3 Å². The average Bonchev–Trinajstić information content (AvgIpc) is 2.46. The molecule has 1 aromatic rings. The van der Waals surface area contributed by atoms with Crippen LogP contribution in [-0.4, -0.2) is 38.1 Å². The van der Waals surface area contributed by atoms with Gasteiger partial charge in [0.05, 0.1) is 0 Å². The Bertz CT molecular complexity index is 441. The molecule has 1 amide bonds. The van der Waals surface area contributed by atoms with Gasteiger partial charge in [-0.15, -0.1) is 0 Å². The number of piperidine rings is 1. The molecule has 5 nitrogen and oxygen atoms in total. The summed E-state index contributed by atoms with van der Waals surface area (Å²) in [5.41, 5.74) is 0.819. The minimum absolute atomic E-state index is 0.0967. The number of amides is 1. The van der Waals surface area contributed by atoms with E-state index < -0.39 is 0 Å². The minimum atomic E-state index is 0.0967. The zero-order valence-corrected chi connectivity index (χ0v) is 12.4. The molecule has 20 heavy (non-hydrogen) atoms. The molecule has 1 aromatic heterocycles. The monoisotopic (exact) mass is 276 g/mol. The van der Waals surface area contributed by atoms with Crippen LogP contribution in [0.5, 0.6) is 0 Å². The number of hydrogen-bond donors (Lipinski definition) is 2. The van der Waals surface area contributed by atoms with Crippen LogP contribution in [0.1, 0.15) is 25.7 Å². The lowest BCUT2D eigenvalue weighted by Crippen LogP contribution is -2.28. The van der Waals surface area contributed by atoms with Gasteiger partial charge in [-0.3, -0.25) is 4.79 Å². The summed E-state index contributed by atoms with van der Waals surface area (Å²) in [4.78, 5) is 18.1. The van der Waals surface area contributed by atoms with Crippen molar-refractivity contribution >= 4 is 17.4 Å². The van der Waals surface area contributed by atoms with E-state index in [9.17, 15) is 4.79 Å². The number of nitrogens with zero attached hydrogens (tertiary/aromatic N) is 2. The van der Waals surface area contributed by atoms with Gasteiger partial charge in [0.15, 0.2) is 0 Å². The number of pyridine rings is 1. The molecule has 0 aliphatic carbocycles. The van der Waals surface area contributed by atoms with Gasteiger partial charge in [0.25, 0.3) is 0 Å². The van der Waals surface area contributed by atoms with Gasteiger partial charge in [-0.1, -0.05) is 0 Å². The van der Waals surface area contributed by atoms with Crippen LogP contribution >= 0.6 is 0 Å². The van der Waals surface area contributed by atoms with Gasteiger partial charge in [-0.2, -0.15) is 0 Å². The molecule has 1 aliphatic heterocycles. The van der Waals surface area contributed by atoms with Gasteiger partial charge in [0.2, 0.25) is 5.91 Å². The molecule has 110 valence electrons. The predicted octanol–water partition coefficient (Wildman–Crippen LogP) is 1.87. The van der Waals surface area contributed by atoms with Gasteiger partial charge >= 0.3 is 0 Å². The Morgan fingerprint density at radius 2 is 2.20 bits per heavy atom. The van der Waals surface area contributed by atoms with Crippen molar-refractivity contribution in [3.8, 4) is 0 Å². The number of anilines is 2. The highest BCUT2D eigenvalue weighted by Crippen LogP contribution is 2.19. The summed E-state index contributed by atoms with van der Waals surface area (Å²) in [5, 5.41) is 6.30. The number of aromatic nitrogens is 1. The van der Waals surface area contributed by atoms with Crippen LogP contribution in [0.25, 0.3) is 0 Å². The van der Waals surface area contributed by atoms with Crippen molar-refractivity contribution < 1.29 is 4.79 Å². The number of rotatable bonds is 5. The third-order valence-corrected chi connectivity index (χ3v) is 3.73. The number of carbonyl (C=O) groups excluding carboxylic acids is 1. The van der Waals surface area contributed by atoms with Gasteiger partial charge in [0.1, 0.15) is 5.82 Å². The third kappa shape index (κ3) is 4.49. The molecule has 2 N–H and O–H groups in total.